The number of rotatable bonds is 5. The van der Waals surface area contributed by atoms with E-state index in [0.29, 0.717) is 17.3 Å². The van der Waals surface area contributed by atoms with Crippen molar-refractivity contribution in [3.63, 3.8) is 0 Å². The van der Waals surface area contributed by atoms with Crippen LogP contribution in [0.1, 0.15) is 24.6 Å². The van der Waals surface area contributed by atoms with Crippen LogP contribution in [-0.4, -0.2) is 32.9 Å². The van der Waals surface area contributed by atoms with Crippen molar-refractivity contribution in [1.29, 1.82) is 0 Å². The first-order valence-electron chi connectivity index (χ1n) is 8.42. The van der Waals surface area contributed by atoms with Gasteiger partial charge in [-0.25, -0.2) is 0 Å². The molecule has 0 radical (unpaired) electrons. The molecule has 0 bridgehead atoms. The Kier molecular flexibility index (Phi) is 4.16. The number of nitrogens with one attached hydrogen (secondary N) is 1. The largest absolute Gasteiger partial charge is 0.496 e. The summed E-state index contributed by atoms with van der Waals surface area (Å²) < 4.78 is 12.5. The predicted molar refractivity (Wildman–Crippen MR) is 93.6 cm³/mol. The van der Waals surface area contributed by atoms with Crippen molar-refractivity contribution >= 4 is 11.8 Å². The van der Waals surface area contributed by atoms with Gasteiger partial charge in [0.25, 0.3) is 0 Å². The quantitative estimate of drug-likeness (QED) is 0.757. The van der Waals surface area contributed by atoms with Gasteiger partial charge in [-0.2, -0.15) is 0 Å². The maximum Gasteiger partial charge on any atom is 0.231 e. The Morgan fingerprint density at radius 1 is 1.35 bits per heavy atom. The van der Waals surface area contributed by atoms with Gasteiger partial charge in [-0.3, -0.25) is 10.1 Å². The molecule has 1 fully saturated rings. The zero-order valence-corrected chi connectivity index (χ0v) is 14.5. The Labute approximate surface area is 150 Å². The zero-order valence-electron chi connectivity index (χ0n) is 14.5. The second-order valence-electron chi connectivity index (χ2n) is 6.36. The first-order valence-corrected chi connectivity index (χ1v) is 8.42. The minimum absolute atomic E-state index is 0.0825. The number of hydrogen-bond donors (Lipinski definition) is 1. The third-order valence-corrected chi connectivity index (χ3v) is 4.83. The van der Waals surface area contributed by atoms with Crippen LogP contribution >= 0.6 is 0 Å². The van der Waals surface area contributed by atoms with Gasteiger partial charge in [-0.15, -0.1) is 10.2 Å². The molecule has 2 aromatic heterocycles. The molecule has 0 aliphatic heterocycles. The lowest BCUT2D eigenvalue weighted by atomic mass is 9.72. The Bertz CT molecular complexity index is 932. The van der Waals surface area contributed by atoms with Crippen LogP contribution in [-0.2, 0) is 11.8 Å². The van der Waals surface area contributed by atoms with Gasteiger partial charge in [0.1, 0.15) is 23.6 Å². The molecule has 2 atom stereocenters. The number of benzene rings is 1. The zero-order chi connectivity index (χ0) is 18.1. The van der Waals surface area contributed by atoms with Crippen molar-refractivity contribution in [2.75, 3.05) is 12.4 Å². The highest BCUT2D eigenvalue weighted by molar-refractivity contribution is 5.93. The third-order valence-electron chi connectivity index (χ3n) is 4.83. The maximum absolute atomic E-state index is 12.6. The Hall–Kier alpha value is -3.16. The lowest BCUT2D eigenvalue weighted by Crippen LogP contribution is -2.36. The highest BCUT2D eigenvalue weighted by atomic mass is 16.5. The fourth-order valence-corrected chi connectivity index (χ4v) is 3.28. The summed E-state index contributed by atoms with van der Waals surface area (Å²) in [4.78, 5) is 12.6. The van der Waals surface area contributed by atoms with E-state index in [1.165, 1.54) is 0 Å². The van der Waals surface area contributed by atoms with E-state index in [1.807, 2.05) is 35.9 Å². The molecular weight excluding hydrogens is 334 g/mol. The average molecular weight is 353 g/mol. The van der Waals surface area contributed by atoms with Crippen LogP contribution in [0.3, 0.4) is 0 Å². The number of ether oxygens (including phenoxy) is 1. The van der Waals surface area contributed by atoms with E-state index in [4.69, 9.17) is 9.26 Å². The van der Waals surface area contributed by atoms with Crippen LogP contribution in [0.2, 0.25) is 0 Å². The van der Waals surface area contributed by atoms with Crippen LogP contribution in [0.25, 0.3) is 11.3 Å². The number of aryl methyl sites for hydroxylation is 1. The second-order valence-corrected chi connectivity index (χ2v) is 6.36. The fourth-order valence-electron chi connectivity index (χ4n) is 3.28. The molecule has 1 amide bonds. The van der Waals surface area contributed by atoms with E-state index in [2.05, 4.69) is 20.7 Å². The van der Waals surface area contributed by atoms with E-state index >= 15 is 0 Å². The van der Waals surface area contributed by atoms with Crippen molar-refractivity contribution < 1.29 is 14.1 Å². The molecule has 0 saturated heterocycles. The molecule has 1 aliphatic rings. The molecule has 4 rings (SSSR count). The normalized spacial score (nSPS) is 19.0. The number of aromatic nitrogens is 4. The van der Waals surface area contributed by atoms with Gasteiger partial charge in [-0.05, 0) is 25.0 Å². The minimum atomic E-state index is -0.141. The van der Waals surface area contributed by atoms with E-state index in [1.54, 1.807) is 19.5 Å². The van der Waals surface area contributed by atoms with Crippen LogP contribution < -0.4 is 10.1 Å². The highest BCUT2D eigenvalue weighted by Crippen LogP contribution is 2.42. The van der Waals surface area contributed by atoms with E-state index in [9.17, 15) is 4.79 Å². The molecule has 1 aliphatic carbocycles. The van der Waals surface area contributed by atoms with Gasteiger partial charge in [0.2, 0.25) is 11.8 Å². The van der Waals surface area contributed by atoms with E-state index in [-0.39, 0.29) is 17.7 Å². The van der Waals surface area contributed by atoms with Gasteiger partial charge >= 0.3 is 0 Å². The topological polar surface area (TPSA) is 95.1 Å². The second kappa shape index (κ2) is 6.62. The standard InChI is InChI=1S/C18H19N5O3/c1-23-10-19-21-17(23)11-7-8-12(11)18(24)20-16-9-14(22-26-16)13-5-3-4-6-15(13)25-2/h3-6,9-12H,7-8H2,1-2H3,(H,20,24)/t11-,12+/m0/s1. The van der Waals surface area contributed by atoms with Crippen LogP contribution in [0.15, 0.2) is 41.2 Å². The number of para-hydroxylation sites is 1. The average Bonchev–Trinajstić information content (AvgIpc) is 3.23. The molecule has 26 heavy (non-hydrogen) atoms. The number of hydrogen-bond acceptors (Lipinski definition) is 6. The molecular formula is C18H19N5O3. The Balaban J connectivity index is 1.48. The van der Waals surface area contributed by atoms with E-state index < -0.39 is 0 Å². The van der Waals surface area contributed by atoms with Gasteiger partial charge in [-0.1, -0.05) is 17.3 Å². The van der Waals surface area contributed by atoms with Crippen LogP contribution in [0.4, 0.5) is 5.88 Å². The first kappa shape index (κ1) is 16.3. The molecule has 1 aromatic carbocycles. The summed E-state index contributed by atoms with van der Waals surface area (Å²) in [6.07, 6.45) is 3.39. The summed E-state index contributed by atoms with van der Waals surface area (Å²) in [6, 6.07) is 9.21. The summed E-state index contributed by atoms with van der Waals surface area (Å²) in [5.41, 5.74) is 1.41. The van der Waals surface area contributed by atoms with Gasteiger partial charge < -0.3 is 13.8 Å². The maximum atomic E-state index is 12.6. The van der Waals surface area contributed by atoms with Gasteiger partial charge in [0, 0.05) is 30.5 Å². The number of methoxy groups -OCH3 is 1. The lowest BCUT2D eigenvalue weighted by Gasteiger charge is -2.33. The molecule has 134 valence electrons. The SMILES string of the molecule is COc1ccccc1-c1cc(NC(=O)[C@@H]2CC[C@@H]2c2nncn2C)on1. The van der Waals surface area contributed by atoms with Crippen molar-refractivity contribution in [3.8, 4) is 17.0 Å². The molecule has 3 aromatic rings. The number of carbonyl (C=O) groups excluding carboxylic acids is 1. The summed E-state index contributed by atoms with van der Waals surface area (Å²) in [6.45, 7) is 0. The number of carbonyl (C=O) groups is 1. The van der Waals surface area contributed by atoms with Gasteiger partial charge in [0.15, 0.2) is 0 Å². The predicted octanol–water partition coefficient (Wildman–Crippen LogP) is 2.61. The minimum Gasteiger partial charge on any atom is -0.496 e. The first-order chi connectivity index (χ1) is 12.7. The monoisotopic (exact) mass is 353 g/mol. The van der Waals surface area contributed by atoms with Crippen LogP contribution in [0.5, 0.6) is 5.75 Å². The van der Waals surface area contributed by atoms with Crippen molar-refractivity contribution in [2.24, 2.45) is 13.0 Å². The summed E-state index contributed by atoms with van der Waals surface area (Å²) >= 11 is 0. The van der Waals surface area contributed by atoms with Crippen LogP contribution in [0, 0.1) is 5.92 Å². The number of anilines is 1. The number of nitrogens with zero attached hydrogens (tertiary/aromatic N) is 4. The molecule has 1 saturated carbocycles. The van der Waals surface area contributed by atoms with E-state index in [0.717, 1.165) is 24.2 Å². The van der Waals surface area contributed by atoms with Crippen molar-refractivity contribution in [2.45, 2.75) is 18.8 Å². The fraction of sp³-hybridized carbons (Fsp3) is 0.333. The van der Waals surface area contributed by atoms with Crippen molar-refractivity contribution in [3.05, 3.63) is 42.5 Å². The summed E-state index contributed by atoms with van der Waals surface area (Å²) in [5, 5.41) is 14.9. The molecule has 0 unspecified atom stereocenters. The molecule has 8 nitrogen and oxygen atoms in total. The number of amides is 1. The molecule has 1 N–H and O–H groups in total. The summed E-state index contributed by atoms with van der Waals surface area (Å²) in [5.74, 6) is 1.70. The third kappa shape index (κ3) is 2.83. The smallest absolute Gasteiger partial charge is 0.231 e. The lowest BCUT2D eigenvalue weighted by molar-refractivity contribution is -0.123. The van der Waals surface area contributed by atoms with Crippen molar-refractivity contribution in [1.82, 2.24) is 19.9 Å². The molecule has 8 heteroatoms. The molecule has 2 heterocycles. The Morgan fingerprint density at radius 3 is 2.88 bits per heavy atom. The Morgan fingerprint density at radius 2 is 2.19 bits per heavy atom. The van der Waals surface area contributed by atoms with Gasteiger partial charge in [0.05, 0.1) is 7.11 Å². The summed E-state index contributed by atoms with van der Waals surface area (Å²) in [7, 11) is 3.49. The molecule has 0 spiro atoms. The highest BCUT2D eigenvalue weighted by Gasteiger charge is 2.40.